The standard InChI is InChI=1S/C25H27N5O/c1-18-9-8-13-23(26-18)29-24-17-21(27-19(2)28-24)22-12-6-7-16-30(22)25(31)15-14-20-10-4-3-5-11-20/h3-5,8-11,13-15,17,22H,6-7,12,16H2,1-2H3,(H,26,27,28,29)/b15-14+. The Balaban J connectivity index is 1.56. The molecule has 0 saturated carbocycles. The molecule has 1 amide bonds. The number of carbonyl (C=O) groups is 1. The first-order chi connectivity index (χ1) is 15.1. The lowest BCUT2D eigenvalue weighted by Crippen LogP contribution is -2.38. The minimum atomic E-state index is -0.0607. The van der Waals surface area contributed by atoms with Crippen molar-refractivity contribution in [1.82, 2.24) is 19.9 Å². The summed E-state index contributed by atoms with van der Waals surface area (Å²) in [7, 11) is 0. The molecule has 0 radical (unpaired) electrons. The van der Waals surface area contributed by atoms with Crippen LogP contribution in [0.3, 0.4) is 0 Å². The van der Waals surface area contributed by atoms with Crippen molar-refractivity contribution >= 4 is 23.6 Å². The molecule has 6 heteroatoms. The normalized spacial score (nSPS) is 16.5. The molecule has 0 bridgehead atoms. The van der Waals surface area contributed by atoms with Gasteiger partial charge in [-0.25, -0.2) is 15.0 Å². The van der Waals surface area contributed by atoms with Gasteiger partial charge in [-0.1, -0.05) is 36.4 Å². The summed E-state index contributed by atoms with van der Waals surface area (Å²) >= 11 is 0. The number of amides is 1. The molecule has 1 aromatic carbocycles. The molecule has 1 N–H and O–H groups in total. The summed E-state index contributed by atoms with van der Waals surface area (Å²) < 4.78 is 0. The van der Waals surface area contributed by atoms with Crippen molar-refractivity contribution in [2.45, 2.75) is 39.2 Å². The molecule has 1 unspecified atom stereocenters. The molecule has 1 fully saturated rings. The van der Waals surface area contributed by atoms with Crippen molar-refractivity contribution < 1.29 is 4.79 Å². The van der Waals surface area contributed by atoms with E-state index in [1.54, 1.807) is 6.08 Å². The minimum absolute atomic E-state index is 0.0136. The summed E-state index contributed by atoms with van der Waals surface area (Å²) in [4.78, 5) is 28.6. The first kappa shape index (κ1) is 20.7. The highest BCUT2D eigenvalue weighted by molar-refractivity contribution is 5.92. The number of benzene rings is 1. The van der Waals surface area contributed by atoms with Crippen LogP contribution in [0.15, 0.2) is 60.7 Å². The van der Waals surface area contributed by atoms with E-state index in [0.29, 0.717) is 11.6 Å². The van der Waals surface area contributed by atoms with E-state index in [1.165, 1.54) is 0 Å². The number of hydrogen-bond donors (Lipinski definition) is 1. The first-order valence-electron chi connectivity index (χ1n) is 10.7. The Bertz CT molecular complexity index is 1080. The molecule has 1 aliphatic heterocycles. The topological polar surface area (TPSA) is 71.0 Å². The fourth-order valence-corrected chi connectivity index (χ4v) is 3.90. The third-order valence-corrected chi connectivity index (χ3v) is 5.35. The summed E-state index contributed by atoms with van der Waals surface area (Å²) in [5.74, 6) is 2.12. The number of nitrogens with one attached hydrogen (secondary N) is 1. The summed E-state index contributed by atoms with van der Waals surface area (Å²) in [5.41, 5.74) is 2.81. The molecular weight excluding hydrogens is 386 g/mol. The maximum absolute atomic E-state index is 13.0. The van der Waals surface area contributed by atoms with Crippen LogP contribution >= 0.6 is 0 Å². The highest BCUT2D eigenvalue weighted by atomic mass is 16.2. The van der Waals surface area contributed by atoms with Crippen LogP contribution in [-0.4, -0.2) is 32.3 Å². The molecular formula is C25H27N5O. The van der Waals surface area contributed by atoms with Crippen molar-refractivity contribution in [2.24, 2.45) is 0 Å². The lowest BCUT2D eigenvalue weighted by molar-refractivity contribution is -0.129. The van der Waals surface area contributed by atoms with Gasteiger partial charge in [-0.3, -0.25) is 4.79 Å². The molecule has 158 valence electrons. The molecule has 0 spiro atoms. The van der Waals surface area contributed by atoms with Crippen LogP contribution in [-0.2, 0) is 4.79 Å². The van der Waals surface area contributed by atoms with Crippen molar-refractivity contribution in [3.05, 3.63) is 83.4 Å². The SMILES string of the molecule is Cc1cccc(Nc2cc(C3CCCCN3C(=O)/C=C/c3ccccc3)nc(C)n2)n1. The molecule has 0 aliphatic carbocycles. The maximum atomic E-state index is 13.0. The van der Waals surface area contributed by atoms with E-state index in [4.69, 9.17) is 0 Å². The van der Waals surface area contributed by atoms with Gasteiger partial charge in [0.05, 0.1) is 11.7 Å². The van der Waals surface area contributed by atoms with Crippen LogP contribution < -0.4 is 5.32 Å². The summed E-state index contributed by atoms with van der Waals surface area (Å²) in [6.45, 7) is 4.56. The number of piperidine rings is 1. The van der Waals surface area contributed by atoms with Gasteiger partial charge < -0.3 is 10.2 Å². The van der Waals surface area contributed by atoms with Gasteiger partial charge in [-0.2, -0.15) is 0 Å². The van der Waals surface area contributed by atoms with Crippen molar-refractivity contribution in [1.29, 1.82) is 0 Å². The molecule has 31 heavy (non-hydrogen) atoms. The zero-order valence-corrected chi connectivity index (χ0v) is 18.0. The van der Waals surface area contributed by atoms with E-state index in [-0.39, 0.29) is 11.9 Å². The number of anilines is 2. The highest BCUT2D eigenvalue weighted by Crippen LogP contribution is 2.31. The molecule has 1 aliphatic rings. The van der Waals surface area contributed by atoms with Crippen LogP contribution in [0.25, 0.3) is 6.08 Å². The Morgan fingerprint density at radius 3 is 2.65 bits per heavy atom. The lowest BCUT2D eigenvalue weighted by Gasteiger charge is -2.35. The van der Waals surface area contributed by atoms with E-state index in [2.05, 4.69) is 20.3 Å². The summed E-state index contributed by atoms with van der Waals surface area (Å²) in [5, 5.41) is 3.28. The van der Waals surface area contributed by atoms with E-state index < -0.39 is 0 Å². The number of aryl methyl sites for hydroxylation is 2. The monoisotopic (exact) mass is 413 g/mol. The predicted octanol–water partition coefficient (Wildman–Crippen LogP) is 5.00. The fourth-order valence-electron chi connectivity index (χ4n) is 3.90. The molecule has 3 heterocycles. The fraction of sp³-hybridized carbons (Fsp3) is 0.280. The number of hydrogen-bond acceptors (Lipinski definition) is 5. The molecule has 3 aromatic rings. The lowest BCUT2D eigenvalue weighted by atomic mass is 9.98. The van der Waals surface area contributed by atoms with Gasteiger partial charge in [0.15, 0.2) is 0 Å². The number of nitrogens with zero attached hydrogens (tertiary/aromatic N) is 4. The van der Waals surface area contributed by atoms with Crippen LogP contribution in [0.5, 0.6) is 0 Å². The van der Waals surface area contributed by atoms with Crippen LogP contribution in [0.4, 0.5) is 11.6 Å². The Morgan fingerprint density at radius 2 is 1.84 bits per heavy atom. The van der Waals surface area contributed by atoms with Crippen LogP contribution in [0.1, 0.15) is 48.1 Å². The average molecular weight is 414 g/mol. The second-order valence-corrected chi connectivity index (χ2v) is 7.80. The number of rotatable bonds is 5. The Kier molecular flexibility index (Phi) is 6.36. The van der Waals surface area contributed by atoms with Crippen molar-refractivity contribution in [3.8, 4) is 0 Å². The van der Waals surface area contributed by atoms with Gasteiger partial charge in [0.25, 0.3) is 0 Å². The predicted molar refractivity (Wildman–Crippen MR) is 123 cm³/mol. The van der Waals surface area contributed by atoms with Crippen LogP contribution in [0.2, 0.25) is 0 Å². The van der Waals surface area contributed by atoms with Gasteiger partial charge in [-0.15, -0.1) is 0 Å². The molecule has 2 aromatic heterocycles. The van der Waals surface area contributed by atoms with Crippen molar-refractivity contribution in [3.63, 3.8) is 0 Å². The smallest absolute Gasteiger partial charge is 0.247 e. The number of pyridine rings is 1. The second-order valence-electron chi connectivity index (χ2n) is 7.80. The third kappa shape index (κ3) is 5.34. The molecule has 1 atom stereocenters. The third-order valence-electron chi connectivity index (χ3n) is 5.35. The number of aromatic nitrogens is 3. The van der Waals surface area contributed by atoms with E-state index in [0.717, 1.165) is 48.6 Å². The maximum Gasteiger partial charge on any atom is 0.247 e. The Labute approximate surface area is 183 Å². The first-order valence-corrected chi connectivity index (χ1v) is 10.7. The molecule has 4 rings (SSSR count). The quantitative estimate of drug-likeness (QED) is 0.596. The van der Waals surface area contributed by atoms with Gasteiger partial charge in [-0.05, 0) is 56.9 Å². The molecule has 1 saturated heterocycles. The van der Waals surface area contributed by atoms with Gasteiger partial charge in [0.1, 0.15) is 17.5 Å². The zero-order valence-electron chi connectivity index (χ0n) is 18.0. The average Bonchev–Trinajstić information content (AvgIpc) is 2.78. The van der Waals surface area contributed by atoms with Crippen molar-refractivity contribution in [2.75, 3.05) is 11.9 Å². The van der Waals surface area contributed by atoms with E-state index in [9.17, 15) is 4.79 Å². The number of carbonyl (C=O) groups excluding carboxylic acids is 1. The van der Waals surface area contributed by atoms with Gasteiger partial charge >= 0.3 is 0 Å². The van der Waals surface area contributed by atoms with Crippen LogP contribution in [0, 0.1) is 13.8 Å². The molecule has 6 nitrogen and oxygen atoms in total. The number of likely N-dealkylation sites (tertiary alicyclic amines) is 1. The van der Waals surface area contributed by atoms with Gasteiger partial charge in [0, 0.05) is 24.4 Å². The summed E-state index contributed by atoms with van der Waals surface area (Å²) in [6, 6.07) is 17.6. The Hall–Kier alpha value is -3.54. The Morgan fingerprint density at radius 1 is 1.00 bits per heavy atom. The minimum Gasteiger partial charge on any atom is -0.331 e. The zero-order chi connectivity index (χ0) is 21.6. The second kappa shape index (κ2) is 9.51. The van der Waals surface area contributed by atoms with E-state index in [1.807, 2.05) is 79.4 Å². The highest BCUT2D eigenvalue weighted by Gasteiger charge is 2.28. The van der Waals surface area contributed by atoms with E-state index >= 15 is 0 Å². The van der Waals surface area contributed by atoms with Gasteiger partial charge in [0.2, 0.25) is 5.91 Å². The largest absolute Gasteiger partial charge is 0.331 e. The summed E-state index contributed by atoms with van der Waals surface area (Å²) in [6.07, 6.45) is 6.50.